The molecule has 0 aliphatic carbocycles. The van der Waals surface area contributed by atoms with Crippen molar-refractivity contribution in [1.82, 2.24) is 25.2 Å². The van der Waals surface area contributed by atoms with E-state index >= 15 is 0 Å². The zero-order valence-electron chi connectivity index (χ0n) is 50.3. The van der Waals surface area contributed by atoms with Gasteiger partial charge in [0.15, 0.2) is 0 Å². The van der Waals surface area contributed by atoms with Gasteiger partial charge in [-0.3, -0.25) is 14.5 Å². The van der Waals surface area contributed by atoms with Crippen LogP contribution in [0.15, 0.2) is 96.0 Å². The molecule has 1 fully saturated rings. The highest BCUT2D eigenvalue weighted by atomic mass is 32.2. The first-order chi connectivity index (χ1) is 38.7. The van der Waals surface area contributed by atoms with Crippen LogP contribution in [0, 0.1) is 18.8 Å². The Morgan fingerprint density at radius 2 is 1.34 bits per heavy atom. The summed E-state index contributed by atoms with van der Waals surface area (Å²) < 4.78 is 126. The summed E-state index contributed by atoms with van der Waals surface area (Å²) in [6, 6.07) is 19.5. The van der Waals surface area contributed by atoms with E-state index in [1.54, 1.807) is 71.0 Å². The average Bonchev–Trinajstić information content (AvgIpc) is 3.63. The lowest BCUT2D eigenvalue weighted by molar-refractivity contribution is -0.141. The summed E-state index contributed by atoms with van der Waals surface area (Å²) in [7, 11) is -2.34. The molecule has 16 nitrogen and oxygen atoms in total. The van der Waals surface area contributed by atoms with Crippen molar-refractivity contribution in [3.05, 3.63) is 113 Å². The molecule has 0 spiro atoms. The summed E-state index contributed by atoms with van der Waals surface area (Å²) in [6.45, 7) is 29.5. The maximum absolute atomic E-state index is 12.6. The molecule has 1 aliphatic rings. The van der Waals surface area contributed by atoms with Crippen molar-refractivity contribution >= 4 is 33.9 Å². The highest BCUT2D eigenvalue weighted by Crippen LogP contribution is 2.32. The van der Waals surface area contributed by atoms with E-state index in [2.05, 4.69) is 48.2 Å². The van der Waals surface area contributed by atoms with Crippen LogP contribution in [-0.4, -0.2) is 119 Å². The van der Waals surface area contributed by atoms with Gasteiger partial charge in [0.1, 0.15) is 6.10 Å². The summed E-state index contributed by atoms with van der Waals surface area (Å²) >= 11 is 0. The molecule has 4 aromatic rings. The number of urea groups is 1. The first-order valence-electron chi connectivity index (χ1n) is 27.5. The third-order valence-electron chi connectivity index (χ3n) is 11.2. The van der Waals surface area contributed by atoms with E-state index in [-0.39, 0.29) is 47.0 Å². The summed E-state index contributed by atoms with van der Waals surface area (Å²) in [5.41, 5.74) is 0.845. The Balaban J connectivity index is 0.000000530. The Kier molecular flexibility index (Phi) is 34.0. The second-order valence-electron chi connectivity index (χ2n) is 20.9. The van der Waals surface area contributed by atoms with Gasteiger partial charge in [-0.25, -0.2) is 27.7 Å². The molecule has 3 N–H and O–H groups in total. The SMILES string of the molecule is CC(C)OC(=O)c1ccccc1-c1ccc(C(F)(F)F)cc1.CC(C)OCC(C)Oc1ccc(C(F)(F)F)cn1.CCC(=O)NCC(C)C.COC(=O)CCN(CC(C)C)C1CCOCC1.Cc1ccc(S(=O)(=O)NC(=O)NC(C)C)cc1. The molecule has 0 saturated carbocycles. The van der Waals surface area contributed by atoms with Gasteiger partial charge in [0.25, 0.3) is 10.0 Å². The topological polar surface area (TPSA) is 201 Å². The van der Waals surface area contributed by atoms with Crippen LogP contribution in [0.3, 0.4) is 0 Å². The van der Waals surface area contributed by atoms with E-state index < -0.39 is 45.5 Å². The third-order valence-corrected chi connectivity index (χ3v) is 12.6. The number of nitrogens with zero attached hydrogens (tertiary/aromatic N) is 2. The zero-order chi connectivity index (χ0) is 63.1. The molecule has 0 radical (unpaired) electrons. The highest BCUT2D eigenvalue weighted by molar-refractivity contribution is 7.90. The minimum absolute atomic E-state index is 0.0713. The molecular formula is C60H87F6N5O11S. The Morgan fingerprint density at radius 1 is 0.759 bits per heavy atom. The predicted molar refractivity (Wildman–Crippen MR) is 308 cm³/mol. The molecule has 1 atom stereocenters. The number of esters is 2. The monoisotopic (exact) mass is 1200 g/mol. The fourth-order valence-corrected chi connectivity index (χ4v) is 8.04. The molecule has 0 bridgehead atoms. The average molecular weight is 1200 g/mol. The van der Waals surface area contributed by atoms with Crippen LogP contribution in [0.25, 0.3) is 11.1 Å². The number of ether oxygens (including phenoxy) is 5. The molecule has 3 aromatic carbocycles. The summed E-state index contributed by atoms with van der Waals surface area (Å²) in [6.07, 6.45) is -5.23. The number of hydrogen-bond donors (Lipinski definition) is 3. The second kappa shape index (κ2) is 37.8. The van der Waals surface area contributed by atoms with Crippen LogP contribution < -0.4 is 20.1 Å². The fourth-order valence-electron chi connectivity index (χ4n) is 7.13. The maximum Gasteiger partial charge on any atom is 0.417 e. The second-order valence-corrected chi connectivity index (χ2v) is 22.6. The molecule has 1 unspecified atom stereocenters. The number of alkyl halides is 6. The summed E-state index contributed by atoms with van der Waals surface area (Å²) in [5, 5.41) is 5.24. The Hall–Kier alpha value is -6.30. The van der Waals surface area contributed by atoms with Crippen LogP contribution >= 0.6 is 0 Å². The Labute approximate surface area is 487 Å². The molecule has 83 heavy (non-hydrogen) atoms. The number of pyridine rings is 1. The number of benzene rings is 3. The highest BCUT2D eigenvalue weighted by Gasteiger charge is 2.32. The van der Waals surface area contributed by atoms with Crippen LogP contribution in [-0.2, 0) is 50.9 Å². The minimum atomic E-state index is -4.38. The number of nitrogens with one attached hydrogen (secondary N) is 3. The largest absolute Gasteiger partial charge is 0.472 e. The number of hydrogen-bond acceptors (Lipinski definition) is 13. The molecule has 3 amide bonds. The van der Waals surface area contributed by atoms with Gasteiger partial charge in [-0.2, -0.15) is 26.3 Å². The summed E-state index contributed by atoms with van der Waals surface area (Å²) in [5.74, 6) is 0.860. The smallest absolute Gasteiger partial charge is 0.417 e. The number of halogens is 6. The Bertz CT molecular complexity index is 2610. The number of methoxy groups -OCH3 is 1. The van der Waals surface area contributed by atoms with E-state index in [4.69, 9.17) is 23.7 Å². The van der Waals surface area contributed by atoms with Gasteiger partial charge in [-0.05, 0) is 128 Å². The number of aryl methyl sites for hydroxylation is 1. The van der Waals surface area contributed by atoms with E-state index in [0.717, 1.165) is 75.6 Å². The van der Waals surface area contributed by atoms with Gasteiger partial charge >= 0.3 is 30.3 Å². The van der Waals surface area contributed by atoms with Crippen molar-refractivity contribution in [3.63, 3.8) is 0 Å². The van der Waals surface area contributed by atoms with Gasteiger partial charge in [-0.15, -0.1) is 0 Å². The Morgan fingerprint density at radius 3 is 1.82 bits per heavy atom. The quantitative estimate of drug-likeness (QED) is 0.0558. The van der Waals surface area contributed by atoms with Gasteiger partial charge in [0.05, 0.1) is 53.9 Å². The van der Waals surface area contributed by atoms with Crippen LogP contribution in [0.5, 0.6) is 5.88 Å². The predicted octanol–water partition coefficient (Wildman–Crippen LogP) is 12.5. The first kappa shape index (κ1) is 74.7. The number of amides is 3. The van der Waals surface area contributed by atoms with E-state index in [1.807, 2.05) is 32.4 Å². The van der Waals surface area contributed by atoms with Crippen molar-refractivity contribution in [1.29, 1.82) is 0 Å². The lowest BCUT2D eigenvalue weighted by atomic mass is 9.98. The first-order valence-corrected chi connectivity index (χ1v) is 29.0. The van der Waals surface area contributed by atoms with Gasteiger partial charge in [0.2, 0.25) is 11.8 Å². The van der Waals surface area contributed by atoms with Crippen molar-refractivity contribution < 1.29 is 77.6 Å². The third kappa shape index (κ3) is 32.4. The normalized spacial score (nSPS) is 13.0. The fraction of sp³-hybridized carbons (Fsp3) is 0.550. The summed E-state index contributed by atoms with van der Waals surface area (Å²) in [4.78, 5) is 51.3. The van der Waals surface area contributed by atoms with E-state index in [1.165, 1.54) is 37.4 Å². The van der Waals surface area contributed by atoms with E-state index in [9.17, 15) is 53.9 Å². The van der Waals surface area contributed by atoms with Crippen molar-refractivity contribution in [2.24, 2.45) is 11.8 Å². The van der Waals surface area contributed by atoms with Crippen molar-refractivity contribution in [3.8, 4) is 17.0 Å². The zero-order valence-corrected chi connectivity index (χ0v) is 51.2. The molecule has 1 saturated heterocycles. The van der Waals surface area contributed by atoms with Crippen molar-refractivity contribution in [2.75, 3.05) is 46.6 Å². The number of rotatable bonds is 20. The number of sulfonamides is 1. The number of carbonyl (C=O) groups excluding carboxylic acids is 4. The van der Waals surface area contributed by atoms with Gasteiger partial charge < -0.3 is 34.3 Å². The van der Waals surface area contributed by atoms with Gasteiger partial charge in [0, 0.05) is 63.6 Å². The molecule has 1 aromatic heterocycles. The minimum Gasteiger partial charge on any atom is -0.472 e. The number of carbonyl (C=O) groups is 4. The maximum atomic E-state index is 12.6. The van der Waals surface area contributed by atoms with Gasteiger partial charge in [-0.1, -0.05) is 82.6 Å². The van der Waals surface area contributed by atoms with Crippen LogP contribution in [0.4, 0.5) is 31.1 Å². The lowest BCUT2D eigenvalue weighted by Crippen LogP contribution is -2.42. The standard InChI is InChI=1S/C17H15F3O2.C13H25NO3.C12H16F3NO2.C11H16N2O3S.C7H15NO/c1-11(2)22-16(21)15-6-4-3-5-14(15)12-7-9-13(10-8-12)17(18,19)20;1-11(2)10-14(7-4-13(15)16-3)12-5-8-17-9-6-12;1-8(2)17-7-9(3)18-11-5-4-10(6-16-11)12(13,14)15;1-8(2)12-11(14)13-17(15,16)10-6-4-9(3)5-7-10;1-4-7(9)8-5-6(2)3/h3-11H,1-2H3;11-12H,4-10H2,1-3H3;4-6,8-9H,7H2,1-3H3;4-8H,1-3H3,(H2,12,13,14);6H,4-5H2,1-3H3,(H,8,9). The van der Waals surface area contributed by atoms with Crippen molar-refractivity contribution in [2.45, 2.75) is 163 Å². The molecular weight excluding hydrogens is 1110 g/mol. The molecule has 466 valence electrons. The molecule has 2 heterocycles. The van der Waals surface area contributed by atoms with E-state index in [0.29, 0.717) is 54.0 Å². The van der Waals surface area contributed by atoms with Crippen LogP contribution in [0.2, 0.25) is 0 Å². The number of aromatic nitrogens is 1. The van der Waals surface area contributed by atoms with Crippen LogP contribution in [0.1, 0.15) is 136 Å². The molecule has 23 heteroatoms. The molecule has 5 rings (SSSR count). The lowest BCUT2D eigenvalue weighted by Gasteiger charge is -2.35. The molecule has 1 aliphatic heterocycles.